The molecule has 1 aliphatic carbocycles. The van der Waals surface area contributed by atoms with Gasteiger partial charge < -0.3 is 5.32 Å². The van der Waals surface area contributed by atoms with E-state index in [9.17, 15) is 0 Å². The zero-order valence-electron chi connectivity index (χ0n) is 14.6. The van der Waals surface area contributed by atoms with Crippen molar-refractivity contribution in [2.45, 2.75) is 72.3 Å². The summed E-state index contributed by atoms with van der Waals surface area (Å²) in [4.78, 5) is 0. The molecule has 1 heteroatoms. The van der Waals surface area contributed by atoms with Gasteiger partial charge in [0.2, 0.25) is 0 Å². The summed E-state index contributed by atoms with van der Waals surface area (Å²) in [5, 5.41) is 3.73. The summed E-state index contributed by atoms with van der Waals surface area (Å²) in [6.07, 6.45) is 6.91. The van der Waals surface area contributed by atoms with Crippen molar-refractivity contribution in [3.8, 4) is 0 Å². The van der Waals surface area contributed by atoms with Crippen LogP contribution in [0.2, 0.25) is 0 Å². The van der Waals surface area contributed by atoms with Crippen molar-refractivity contribution >= 4 is 0 Å². The molecular weight excluding hydrogens is 254 g/mol. The van der Waals surface area contributed by atoms with Crippen LogP contribution in [0.15, 0.2) is 18.2 Å². The van der Waals surface area contributed by atoms with Gasteiger partial charge in [-0.15, -0.1) is 0 Å². The van der Waals surface area contributed by atoms with E-state index in [2.05, 4.69) is 58.1 Å². The van der Waals surface area contributed by atoms with E-state index in [1.165, 1.54) is 49.8 Å². The lowest BCUT2D eigenvalue weighted by Crippen LogP contribution is -2.41. The molecular formula is C20H33N. The molecule has 0 bridgehead atoms. The van der Waals surface area contributed by atoms with Gasteiger partial charge in [0.15, 0.2) is 0 Å². The van der Waals surface area contributed by atoms with Gasteiger partial charge in [0.25, 0.3) is 0 Å². The van der Waals surface area contributed by atoms with Crippen LogP contribution in [0.4, 0.5) is 0 Å². The molecule has 1 saturated carbocycles. The number of hydrogen-bond donors (Lipinski definition) is 1. The average molecular weight is 287 g/mol. The molecule has 0 saturated heterocycles. The maximum absolute atomic E-state index is 3.73. The maximum atomic E-state index is 3.73. The number of nitrogens with one attached hydrogen (secondary N) is 1. The first-order chi connectivity index (χ1) is 9.85. The number of benzene rings is 1. The molecule has 1 aliphatic rings. The molecule has 0 aliphatic heterocycles. The Balaban J connectivity index is 2.03. The van der Waals surface area contributed by atoms with E-state index in [1.54, 1.807) is 5.56 Å². The standard InChI is InChI=1S/C20H33N/c1-15-10-11-16(2)19(12-15)13-17-8-6-7-9-18(17)14-21-20(3,4)5/h10-12,17-18,21H,6-9,13-14H2,1-5H3. The molecule has 2 rings (SSSR count). The van der Waals surface area contributed by atoms with Crippen molar-refractivity contribution in [2.24, 2.45) is 11.8 Å². The van der Waals surface area contributed by atoms with E-state index in [1.807, 2.05) is 0 Å². The number of hydrogen-bond acceptors (Lipinski definition) is 1. The van der Waals surface area contributed by atoms with Crippen LogP contribution in [0.5, 0.6) is 0 Å². The van der Waals surface area contributed by atoms with Crippen molar-refractivity contribution in [1.29, 1.82) is 0 Å². The summed E-state index contributed by atoms with van der Waals surface area (Å²) in [5.74, 6) is 1.70. The SMILES string of the molecule is Cc1ccc(C)c(CC2CCCCC2CNC(C)(C)C)c1. The van der Waals surface area contributed by atoms with E-state index in [-0.39, 0.29) is 5.54 Å². The Kier molecular flexibility index (Phi) is 5.48. The van der Waals surface area contributed by atoms with Crippen molar-refractivity contribution in [3.05, 3.63) is 34.9 Å². The topological polar surface area (TPSA) is 12.0 Å². The lowest BCUT2D eigenvalue weighted by molar-refractivity contribution is 0.213. The van der Waals surface area contributed by atoms with Gasteiger partial charge in [-0.25, -0.2) is 0 Å². The second-order valence-electron chi connectivity index (χ2n) is 8.07. The van der Waals surface area contributed by atoms with Crippen LogP contribution in [0.25, 0.3) is 0 Å². The molecule has 0 spiro atoms. The molecule has 1 N–H and O–H groups in total. The largest absolute Gasteiger partial charge is 0.312 e. The normalized spacial score (nSPS) is 23.3. The highest BCUT2D eigenvalue weighted by Gasteiger charge is 2.26. The molecule has 0 radical (unpaired) electrons. The highest BCUT2D eigenvalue weighted by Crippen LogP contribution is 2.33. The van der Waals surface area contributed by atoms with E-state index < -0.39 is 0 Å². The minimum Gasteiger partial charge on any atom is -0.312 e. The Morgan fingerprint density at radius 3 is 2.38 bits per heavy atom. The minimum absolute atomic E-state index is 0.237. The quantitative estimate of drug-likeness (QED) is 0.818. The molecule has 1 aromatic carbocycles. The van der Waals surface area contributed by atoms with Crippen molar-refractivity contribution in [3.63, 3.8) is 0 Å². The highest BCUT2D eigenvalue weighted by atomic mass is 14.9. The van der Waals surface area contributed by atoms with Crippen LogP contribution >= 0.6 is 0 Å². The Morgan fingerprint density at radius 1 is 1.05 bits per heavy atom. The number of rotatable bonds is 4. The van der Waals surface area contributed by atoms with Crippen LogP contribution in [0, 0.1) is 25.7 Å². The van der Waals surface area contributed by atoms with Crippen molar-refractivity contribution in [1.82, 2.24) is 5.32 Å². The summed E-state index contributed by atoms with van der Waals surface area (Å²) in [6, 6.07) is 6.92. The molecule has 0 aromatic heterocycles. The highest BCUT2D eigenvalue weighted by molar-refractivity contribution is 5.30. The lowest BCUT2D eigenvalue weighted by Gasteiger charge is -2.34. The third-order valence-corrected chi connectivity index (χ3v) is 4.95. The van der Waals surface area contributed by atoms with Gasteiger partial charge in [0, 0.05) is 5.54 Å². The fourth-order valence-electron chi connectivity index (χ4n) is 3.56. The monoisotopic (exact) mass is 287 g/mol. The summed E-state index contributed by atoms with van der Waals surface area (Å²) in [6.45, 7) is 12.5. The van der Waals surface area contributed by atoms with Gasteiger partial charge in [-0.1, -0.05) is 36.6 Å². The summed E-state index contributed by atoms with van der Waals surface area (Å²) >= 11 is 0. The van der Waals surface area contributed by atoms with Gasteiger partial charge in [0.1, 0.15) is 0 Å². The fraction of sp³-hybridized carbons (Fsp3) is 0.700. The van der Waals surface area contributed by atoms with Crippen LogP contribution in [-0.4, -0.2) is 12.1 Å². The van der Waals surface area contributed by atoms with Crippen LogP contribution in [0.3, 0.4) is 0 Å². The first-order valence-corrected chi connectivity index (χ1v) is 8.66. The van der Waals surface area contributed by atoms with E-state index >= 15 is 0 Å². The Labute approximate surface area is 131 Å². The third kappa shape index (κ3) is 5.14. The van der Waals surface area contributed by atoms with Crippen LogP contribution in [-0.2, 0) is 6.42 Å². The molecule has 1 nitrogen and oxygen atoms in total. The van der Waals surface area contributed by atoms with Crippen molar-refractivity contribution in [2.75, 3.05) is 6.54 Å². The van der Waals surface area contributed by atoms with Gasteiger partial charge >= 0.3 is 0 Å². The van der Waals surface area contributed by atoms with Crippen LogP contribution in [0.1, 0.15) is 63.1 Å². The Morgan fingerprint density at radius 2 is 1.71 bits per heavy atom. The van der Waals surface area contributed by atoms with E-state index in [0.29, 0.717) is 0 Å². The Bertz CT molecular complexity index is 455. The van der Waals surface area contributed by atoms with Gasteiger partial charge in [0.05, 0.1) is 0 Å². The predicted octanol–water partition coefficient (Wildman–Crippen LogP) is 5.04. The minimum atomic E-state index is 0.237. The molecule has 1 aromatic rings. The smallest absolute Gasteiger partial charge is 0.00966 e. The molecule has 0 amide bonds. The molecule has 118 valence electrons. The fourth-order valence-corrected chi connectivity index (χ4v) is 3.56. The lowest BCUT2D eigenvalue weighted by atomic mass is 9.75. The second-order valence-corrected chi connectivity index (χ2v) is 8.07. The van der Waals surface area contributed by atoms with E-state index in [0.717, 1.165) is 11.8 Å². The van der Waals surface area contributed by atoms with Crippen molar-refractivity contribution < 1.29 is 0 Å². The first-order valence-electron chi connectivity index (χ1n) is 8.66. The van der Waals surface area contributed by atoms with Gasteiger partial charge in [-0.3, -0.25) is 0 Å². The predicted molar refractivity (Wildman–Crippen MR) is 92.8 cm³/mol. The third-order valence-electron chi connectivity index (χ3n) is 4.95. The average Bonchev–Trinajstić information content (AvgIpc) is 2.41. The number of aryl methyl sites for hydroxylation is 2. The van der Waals surface area contributed by atoms with E-state index in [4.69, 9.17) is 0 Å². The molecule has 2 unspecified atom stereocenters. The Hall–Kier alpha value is -0.820. The zero-order chi connectivity index (χ0) is 15.5. The zero-order valence-corrected chi connectivity index (χ0v) is 14.6. The first kappa shape index (κ1) is 16.5. The summed E-state index contributed by atoms with van der Waals surface area (Å²) in [7, 11) is 0. The molecule has 0 heterocycles. The molecule has 1 fully saturated rings. The van der Waals surface area contributed by atoms with Gasteiger partial charge in [-0.2, -0.15) is 0 Å². The summed E-state index contributed by atoms with van der Waals surface area (Å²) in [5.41, 5.74) is 4.67. The van der Waals surface area contributed by atoms with Crippen LogP contribution < -0.4 is 5.32 Å². The maximum Gasteiger partial charge on any atom is 0.00966 e. The second kappa shape index (κ2) is 6.96. The summed E-state index contributed by atoms with van der Waals surface area (Å²) < 4.78 is 0. The van der Waals surface area contributed by atoms with Gasteiger partial charge in [-0.05, 0) is 83.4 Å². The molecule has 2 atom stereocenters. The molecule has 21 heavy (non-hydrogen) atoms.